The molecule has 0 radical (unpaired) electrons. The number of benzene rings is 4. The molecule has 1 aromatic heterocycles. The van der Waals surface area contributed by atoms with E-state index in [1.807, 2.05) is 12.3 Å². The van der Waals surface area contributed by atoms with Crippen molar-refractivity contribution in [2.24, 2.45) is 4.99 Å². The highest BCUT2D eigenvalue weighted by Gasteiger charge is 2.22. The standard InChI is InChI=1S/C40H29N3/c1-28-40-34(15-8-18-39(40)42(26-10-25-41-28)32-13-6-3-7-14-32)31-21-24-38-36(27-31)35-16-9-17-37(35)43(38)33-22-19-30(20-23-33)29-11-4-2-5-12-29/h2-6,8,10-13,15-27H,1,7,14H2/b26-10-,41-25?. The molecule has 0 atom stereocenters. The quantitative estimate of drug-likeness (QED) is 0.200. The Hall–Kier alpha value is -5.63. The summed E-state index contributed by atoms with van der Waals surface area (Å²) in [6.07, 6.45) is 18.7. The van der Waals surface area contributed by atoms with Gasteiger partial charge in [0.1, 0.15) is 0 Å². The number of nitrogens with zero attached hydrogens (tertiary/aromatic N) is 3. The summed E-state index contributed by atoms with van der Waals surface area (Å²) in [6.45, 7) is 4.40. The lowest BCUT2D eigenvalue weighted by molar-refractivity contribution is 0.913. The lowest BCUT2D eigenvalue weighted by Gasteiger charge is -2.29. The number of allylic oxidation sites excluding steroid dienone is 5. The number of hydrogen-bond acceptors (Lipinski definition) is 2. The van der Waals surface area contributed by atoms with Gasteiger partial charge in [-0.15, -0.1) is 5.73 Å². The molecule has 5 aromatic rings. The molecule has 0 amide bonds. The molecule has 2 heterocycles. The summed E-state index contributed by atoms with van der Waals surface area (Å²) in [5, 5.41) is 1.20. The first-order valence-electron chi connectivity index (χ1n) is 14.7. The first-order chi connectivity index (χ1) is 21.3. The first-order valence-corrected chi connectivity index (χ1v) is 14.7. The maximum Gasteiger partial charge on any atom is 0.0657 e. The van der Waals surface area contributed by atoms with E-state index in [1.165, 1.54) is 33.3 Å². The van der Waals surface area contributed by atoms with Gasteiger partial charge >= 0.3 is 0 Å². The second kappa shape index (κ2) is 10.3. The van der Waals surface area contributed by atoms with E-state index in [0.29, 0.717) is 0 Å². The van der Waals surface area contributed by atoms with Crippen LogP contribution in [-0.2, 0) is 0 Å². The zero-order chi connectivity index (χ0) is 28.8. The zero-order valence-corrected chi connectivity index (χ0v) is 23.7. The highest BCUT2D eigenvalue weighted by molar-refractivity contribution is 6.01. The molecule has 3 aliphatic rings. The van der Waals surface area contributed by atoms with Gasteiger partial charge in [-0.3, -0.25) is 4.99 Å². The molecule has 0 fully saturated rings. The van der Waals surface area contributed by atoms with Crippen LogP contribution >= 0.6 is 0 Å². The van der Waals surface area contributed by atoms with Crippen LogP contribution in [0.3, 0.4) is 0 Å². The second-order valence-electron chi connectivity index (χ2n) is 11.0. The van der Waals surface area contributed by atoms with E-state index in [9.17, 15) is 0 Å². The van der Waals surface area contributed by atoms with Gasteiger partial charge in [-0.05, 0) is 83.7 Å². The van der Waals surface area contributed by atoms with Gasteiger partial charge in [0, 0.05) is 46.4 Å². The Balaban J connectivity index is 1.26. The summed E-state index contributed by atoms with van der Waals surface area (Å²) in [5.41, 5.74) is 16.9. The first kappa shape index (κ1) is 25.1. The van der Waals surface area contributed by atoms with Gasteiger partial charge in [0.2, 0.25) is 0 Å². The van der Waals surface area contributed by atoms with E-state index in [2.05, 4.69) is 149 Å². The molecular formula is C40H29N3. The van der Waals surface area contributed by atoms with Crippen LogP contribution in [0, 0.1) is 0 Å². The summed E-state index contributed by atoms with van der Waals surface area (Å²) < 4.78 is 2.34. The fraction of sp³-hybridized carbons (Fsp3) is 0.0500. The molecular weight excluding hydrogens is 522 g/mol. The predicted molar refractivity (Wildman–Crippen MR) is 182 cm³/mol. The van der Waals surface area contributed by atoms with Gasteiger partial charge in [0.05, 0.1) is 22.6 Å². The minimum atomic E-state index is 0.759. The summed E-state index contributed by atoms with van der Waals surface area (Å²) >= 11 is 0. The average Bonchev–Trinajstić information content (AvgIpc) is 3.65. The van der Waals surface area contributed by atoms with E-state index in [0.717, 1.165) is 52.3 Å². The minimum Gasteiger partial charge on any atom is -0.320 e. The van der Waals surface area contributed by atoms with Crippen LogP contribution in [0.15, 0.2) is 144 Å². The van der Waals surface area contributed by atoms with Crippen LogP contribution in [0.2, 0.25) is 0 Å². The van der Waals surface area contributed by atoms with Gasteiger partial charge in [-0.2, -0.15) is 0 Å². The van der Waals surface area contributed by atoms with E-state index in [-0.39, 0.29) is 0 Å². The van der Waals surface area contributed by atoms with Gasteiger partial charge in [0.15, 0.2) is 0 Å². The minimum absolute atomic E-state index is 0.759. The van der Waals surface area contributed by atoms with Crippen molar-refractivity contribution in [3.05, 3.63) is 156 Å². The normalized spacial score (nSPS) is 15.8. The van der Waals surface area contributed by atoms with Crippen molar-refractivity contribution in [2.75, 3.05) is 4.90 Å². The molecule has 0 bridgehead atoms. The fourth-order valence-electron chi connectivity index (χ4n) is 6.44. The lowest BCUT2D eigenvalue weighted by Crippen LogP contribution is -2.18. The molecule has 0 saturated carbocycles. The molecule has 0 saturated heterocycles. The topological polar surface area (TPSA) is 20.5 Å². The van der Waals surface area contributed by atoms with Crippen LogP contribution < -0.4 is 4.90 Å². The second-order valence-corrected chi connectivity index (χ2v) is 11.0. The maximum atomic E-state index is 4.69. The summed E-state index contributed by atoms with van der Waals surface area (Å²) in [4.78, 5) is 6.98. The number of rotatable bonds is 4. The lowest BCUT2D eigenvalue weighted by atomic mass is 9.94. The summed E-state index contributed by atoms with van der Waals surface area (Å²) in [6, 6.07) is 32.6. The summed E-state index contributed by atoms with van der Waals surface area (Å²) in [7, 11) is 0. The smallest absolute Gasteiger partial charge is 0.0657 e. The fourth-order valence-corrected chi connectivity index (χ4v) is 6.44. The van der Waals surface area contributed by atoms with Crippen molar-refractivity contribution in [3.63, 3.8) is 0 Å². The molecule has 0 N–H and O–H groups in total. The zero-order valence-electron chi connectivity index (χ0n) is 23.7. The van der Waals surface area contributed by atoms with Crippen LogP contribution in [-0.4, -0.2) is 10.8 Å². The van der Waals surface area contributed by atoms with Crippen molar-refractivity contribution in [1.82, 2.24) is 4.57 Å². The Morgan fingerprint density at radius 1 is 0.791 bits per heavy atom. The Kier molecular flexibility index (Phi) is 6.03. The molecule has 204 valence electrons. The van der Waals surface area contributed by atoms with Gasteiger partial charge < -0.3 is 9.47 Å². The Morgan fingerprint density at radius 3 is 2.47 bits per heavy atom. The Morgan fingerprint density at radius 2 is 1.63 bits per heavy atom. The van der Waals surface area contributed by atoms with Crippen molar-refractivity contribution in [1.29, 1.82) is 0 Å². The molecule has 0 unspecified atom stereocenters. The number of aliphatic imine (C=N–C) groups is 1. The number of aromatic nitrogens is 1. The highest BCUT2D eigenvalue weighted by Crippen LogP contribution is 2.42. The molecule has 3 nitrogen and oxygen atoms in total. The third-order valence-electron chi connectivity index (χ3n) is 8.48. The van der Waals surface area contributed by atoms with Gasteiger partial charge in [0.25, 0.3) is 0 Å². The molecule has 2 aliphatic carbocycles. The molecule has 3 heteroatoms. The molecule has 4 aromatic carbocycles. The third-order valence-corrected chi connectivity index (χ3v) is 8.48. The number of hydrogen-bond donors (Lipinski definition) is 0. The van der Waals surface area contributed by atoms with Crippen LogP contribution in [0.1, 0.15) is 29.7 Å². The van der Waals surface area contributed by atoms with Crippen molar-refractivity contribution >= 4 is 40.7 Å². The SMILES string of the molecule is C=C1N=C/C=C\N(C2=CC=CCC2)c2cccc(-c3ccc4c(c3)c3c(n4-c4ccc(-c5ccccc5)cc4)C=C=C3)c21. The van der Waals surface area contributed by atoms with Gasteiger partial charge in [-0.25, -0.2) is 0 Å². The monoisotopic (exact) mass is 551 g/mol. The van der Waals surface area contributed by atoms with Crippen molar-refractivity contribution < 1.29 is 0 Å². The van der Waals surface area contributed by atoms with Gasteiger partial charge in [-0.1, -0.05) is 79.4 Å². The van der Waals surface area contributed by atoms with E-state index in [1.54, 1.807) is 0 Å². The molecule has 8 rings (SSSR count). The Labute approximate surface area is 251 Å². The Bertz CT molecular complexity index is 2110. The number of fused-ring (bicyclic) bond motifs is 4. The largest absolute Gasteiger partial charge is 0.320 e. The predicted octanol–water partition coefficient (Wildman–Crippen LogP) is 10.2. The molecule has 0 spiro atoms. The van der Waals surface area contributed by atoms with E-state index in [4.69, 9.17) is 4.99 Å². The third kappa shape index (κ3) is 4.26. The van der Waals surface area contributed by atoms with E-state index < -0.39 is 0 Å². The van der Waals surface area contributed by atoms with Crippen molar-refractivity contribution in [3.8, 4) is 27.9 Å². The van der Waals surface area contributed by atoms with Crippen molar-refractivity contribution in [2.45, 2.75) is 12.8 Å². The van der Waals surface area contributed by atoms with Crippen LogP contribution in [0.25, 0.3) is 56.7 Å². The number of anilines is 1. The molecule has 43 heavy (non-hydrogen) atoms. The maximum absolute atomic E-state index is 4.69. The molecule has 1 aliphatic heterocycles. The highest BCUT2D eigenvalue weighted by atomic mass is 15.1. The van der Waals surface area contributed by atoms with E-state index >= 15 is 0 Å². The van der Waals surface area contributed by atoms with Crippen LogP contribution in [0.5, 0.6) is 0 Å². The average molecular weight is 552 g/mol. The van der Waals surface area contributed by atoms with Crippen LogP contribution in [0.4, 0.5) is 5.69 Å². The summed E-state index contributed by atoms with van der Waals surface area (Å²) in [5.74, 6) is 0.